The molecule has 44 heteroatoms. The average molecular weight is 1800 g/mol. The molecule has 0 spiro atoms. The zero-order chi connectivity index (χ0) is 88.6. The first-order chi connectivity index (χ1) is 59.0. The second-order valence-electron chi connectivity index (χ2n) is 29.5. The number of piperazine rings is 2. The zero-order valence-corrected chi connectivity index (χ0v) is 72.9. The van der Waals surface area contributed by atoms with Crippen LogP contribution in [0.3, 0.4) is 0 Å². The number of hydrogen-bond acceptors (Lipinski definition) is 28. The normalized spacial score (nSPS) is 17.2. The maximum absolute atomic E-state index is 13.7. The number of pyridine rings is 2. The summed E-state index contributed by atoms with van der Waals surface area (Å²) in [6.45, 7) is 15.8. The molecule has 4 aliphatic heterocycles. The molecule has 10 amide bonds. The average Bonchev–Trinajstić information content (AvgIpc) is 1.63. The minimum atomic E-state index is -4.13. The molecule has 4 aromatic rings. The van der Waals surface area contributed by atoms with Gasteiger partial charge in [-0.05, 0) is 107 Å². The summed E-state index contributed by atoms with van der Waals surface area (Å²) in [6.07, 6.45) is 6.04. The summed E-state index contributed by atoms with van der Waals surface area (Å²) in [4.78, 5) is 142. The molecule has 0 bridgehead atoms. The van der Waals surface area contributed by atoms with E-state index in [9.17, 15) is 75.0 Å². The Hall–Kier alpha value is -9.16. The summed E-state index contributed by atoms with van der Waals surface area (Å²) in [5.41, 5.74) is 1.01. The van der Waals surface area contributed by atoms with Crippen LogP contribution in [0.4, 0.5) is 19.2 Å². The Labute approximate surface area is 724 Å². The van der Waals surface area contributed by atoms with Crippen molar-refractivity contribution in [2.45, 2.75) is 116 Å². The highest BCUT2D eigenvalue weighted by Gasteiger charge is 2.53. The van der Waals surface area contributed by atoms with Crippen LogP contribution in [0.15, 0.2) is 107 Å². The van der Waals surface area contributed by atoms with E-state index in [-0.39, 0.29) is 201 Å². The first-order valence-electron chi connectivity index (χ1n) is 40.5. The van der Waals surface area contributed by atoms with Gasteiger partial charge in [0.15, 0.2) is 0 Å². The molecule has 123 heavy (non-hydrogen) atoms. The topological polar surface area (TPSA) is 489 Å². The van der Waals surface area contributed by atoms with E-state index in [4.69, 9.17) is 47.4 Å². The Morgan fingerprint density at radius 3 is 1.08 bits per heavy atom. The molecule has 40 nitrogen and oxygen atoms in total. The Balaban J connectivity index is 0.515. The summed E-state index contributed by atoms with van der Waals surface area (Å²) in [7, 11) is -8.26. The van der Waals surface area contributed by atoms with Gasteiger partial charge in [-0.1, -0.05) is 24.3 Å². The van der Waals surface area contributed by atoms with Crippen molar-refractivity contribution in [2.24, 2.45) is 0 Å². The molecule has 8 rings (SSSR count). The van der Waals surface area contributed by atoms with Gasteiger partial charge in [-0.3, -0.25) is 29.1 Å². The number of benzene rings is 2. The van der Waals surface area contributed by atoms with Crippen LogP contribution < -0.4 is 41.4 Å². The minimum absolute atomic E-state index is 0.0166. The third kappa shape index (κ3) is 33.0. The molecule has 6 heterocycles. The number of carbonyl (C=O) groups excluding carboxylic acids is 8. The molecular formula is C79H114N14O26S4. The number of carboxylic acids is 2. The minimum Gasteiger partial charge on any atom is -0.480 e. The summed E-state index contributed by atoms with van der Waals surface area (Å²) < 4.78 is 110. The fourth-order valence-corrected chi connectivity index (χ4v) is 19.1. The van der Waals surface area contributed by atoms with Crippen LogP contribution in [0.5, 0.6) is 11.5 Å². The van der Waals surface area contributed by atoms with E-state index >= 15 is 0 Å². The third-order valence-electron chi connectivity index (χ3n) is 19.6. The number of rotatable bonds is 52. The Bertz CT molecular complexity index is 3990. The summed E-state index contributed by atoms with van der Waals surface area (Å²) in [6, 6.07) is 12.1. The zero-order valence-electron chi connectivity index (χ0n) is 69.6. The van der Waals surface area contributed by atoms with Crippen molar-refractivity contribution >= 4 is 103 Å². The number of nitrogens with one attached hydrogen (secondary N) is 6. The molecule has 680 valence electrons. The lowest BCUT2D eigenvalue weighted by atomic mass is 10.0. The van der Waals surface area contributed by atoms with Crippen molar-refractivity contribution in [1.82, 2.24) is 70.1 Å². The molecule has 2 aromatic heterocycles. The lowest BCUT2D eigenvalue weighted by molar-refractivity contribution is -0.142. The van der Waals surface area contributed by atoms with Gasteiger partial charge in [-0.25, -0.2) is 45.6 Å². The highest BCUT2D eigenvalue weighted by molar-refractivity contribution is 8.02. The van der Waals surface area contributed by atoms with Crippen LogP contribution in [0.25, 0.3) is 0 Å². The van der Waals surface area contributed by atoms with E-state index in [1.165, 1.54) is 107 Å². The predicted molar refractivity (Wildman–Crippen MR) is 447 cm³/mol. The fraction of sp³-hybridized carbons (Fsp3) is 0.595. The standard InChI is InChI=1S/C79H114N14O26S4/c1-78(2)68(92(56-120-78)122(106,107)62-10-5-22-80-54-62)70(96)86-64(72(98)99)52-58-12-16-60(17-13-58)118-76(104)90-32-28-88(29-33-90)74(102)84-26-42-116-50-48-114-40-20-66(94)82-24-7-36-110-44-46-112-38-9-39-113-47-45-111-37-8-25-83-67(95)21-41-115-49-51-117-43-27-85-75(103)89-30-34-91(35-31-89)77(105)119-61-18-14-59(15-19-61)53-65(73(100)101)87-71(97)69-79(3,4)121-57-93(69)123(108,109)63-11-6-23-81-55-63/h5-6,10-19,22-23,54-55,64-65,68-69H,7-9,20-21,24-53,56-57H2,1-4H3,(H,82,94)(H,83,95)(H,84,102)(H,85,103)(H,86,96)(H,87,97)(H,98,99)(H,100,101)/t64-,65-,68+,69+/m0/s1. The number of urea groups is 2. The number of carboxylic acid groups (broad SMARTS) is 2. The van der Waals surface area contributed by atoms with Crippen LogP contribution >= 0.6 is 23.5 Å². The number of nitrogens with zero attached hydrogens (tertiary/aromatic N) is 8. The molecule has 0 aliphatic carbocycles. The van der Waals surface area contributed by atoms with Crippen LogP contribution in [0, 0.1) is 0 Å². The van der Waals surface area contributed by atoms with Gasteiger partial charge in [0.2, 0.25) is 43.7 Å². The Kier molecular flexibility index (Phi) is 41.4. The molecule has 4 atom stereocenters. The van der Waals surface area contributed by atoms with Crippen LogP contribution in [-0.4, -0.2) is 355 Å². The highest BCUT2D eigenvalue weighted by Crippen LogP contribution is 2.44. The lowest BCUT2D eigenvalue weighted by Crippen LogP contribution is -2.56. The fourth-order valence-electron chi connectivity index (χ4n) is 12.9. The number of ether oxygens (including phenoxy) is 10. The highest BCUT2D eigenvalue weighted by atomic mass is 32.2. The van der Waals surface area contributed by atoms with E-state index in [2.05, 4.69) is 41.9 Å². The van der Waals surface area contributed by atoms with Crippen molar-refractivity contribution < 1.29 is 122 Å². The molecule has 0 unspecified atom stereocenters. The monoisotopic (exact) mass is 1800 g/mol. The number of sulfonamides is 2. The molecule has 4 saturated heterocycles. The number of thioether (sulfide) groups is 2. The van der Waals surface area contributed by atoms with Gasteiger partial charge in [0, 0.05) is 165 Å². The van der Waals surface area contributed by atoms with Crippen LogP contribution in [0.1, 0.15) is 70.9 Å². The molecule has 0 radical (unpaired) electrons. The van der Waals surface area contributed by atoms with E-state index in [1.807, 2.05) is 0 Å². The van der Waals surface area contributed by atoms with Gasteiger partial charge < -0.3 is 109 Å². The van der Waals surface area contributed by atoms with Gasteiger partial charge in [0.25, 0.3) is 0 Å². The molecule has 4 fully saturated rings. The van der Waals surface area contributed by atoms with Gasteiger partial charge >= 0.3 is 36.2 Å². The molecule has 2 aromatic carbocycles. The lowest BCUT2D eigenvalue weighted by Gasteiger charge is -2.34. The largest absolute Gasteiger partial charge is 0.480 e. The first-order valence-corrected chi connectivity index (χ1v) is 45.4. The van der Waals surface area contributed by atoms with Crippen LogP contribution in [-0.2, 0) is 99.6 Å². The number of aromatic nitrogens is 2. The van der Waals surface area contributed by atoms with Crippen molar-refractivity contribution in [3.63, 3.8) is 0 Å². The van der Waals surface area contributed by atoms with E-state index in [0.29, 0.717) is 96.3 Å². The van der Waals surface area contributed by atoms with Gasteiger partial charge in [0.1, 0.15) is 45.5 Å². The van der Waals surface area contributed by atoms with Crippen molar-refractivity contribution in [2.75, 3.05) is 196 Å². The number of aliphatic carboxylic acids is 2. The quantitative estimate of drug-likeness (QED) is 0.0294. The second kappa shape index (κ2) is 51.3. The van der Waals surface area contributed by atoms with E-state index < -0.39 is 89.6 Å². The summed E-state index contributed by atoms with van der Waals surface area (Å²) >= 11 is 2.51. The van der Waals surface area contributed by atoms with Crippen molar-refractivity contribution in [1.29, 1.82) is 0 Å². The van der Waals surface area contributed by atoms with E-state index in [1.54, 1.807) is 61.8 Å². The molecule has 4 aliphatic rings. The SMILES string of the molecule is CC1(C)SCN(S(=O)(=O)c2cccnc2)[C@@H]1C(=O)N[C@@H](Cc1ccc(OC(=O)N2CCN(C(=O)NCCOCCOCCC(=O)NCCCOCCOCCCOCCOCCCNC(=O)CCOCCOCCNC(=O)N3CCN(C(=O)Oc4ccc(C[C@H](NC(=O)[C@H]5N(S(=O)(=O)c6cccnc6)CSC5(C)C)C(=O)O)cc4)CC3)CC2)cc1)C(=O)O. The molecule has 8 N–H and O–H groups in total. The Morgan fingerprint density at radius 1 is 0.423 bits per heavy atom. The Morgan fingerprint density at radius 2 is 0.748 bits per heavy atom. The smallest absolute Gasteiger partial charge is 0.415 e. The van der Waals surface area contributed by atoms with Crippen molar-refractivity contribution in [3.05, 3.63) is 109 Å². The maximum Gasteiger partial charge on any atom is 0.415 e. The van der Waals surface area contributed by atoms with Gasteiger partial charge in [0.05, 0.1) is 91.0 Å². The van der Waals surface area contributed by atoms with Gasteiger partial charge in [-0.2, -0.15) is 8.61 Å². The number of carbonyl (C=O) groups is 10. The van der Waals surface area contributed by atoms with E-state index in [0.717, 1.165) is 8.61 Å². The predicted octanol–water partition coefficient (Wildman–Crippen LogP) is 2.45. The molecular weight excluding hydrogens is 1690 g/mol. The number of amides is 10. The molecule has 0 saturated carbocycles. The number of hydrogen-bond donors (Lipinski definition) is 8. The van der Waals surface area contributed by atoms with Crippen molar-refractivity contribution in [3.8, 4) is 11.5 Å². The first kappa shape index (κ1) is 99.3. The van der Waals surface area contributed by atoms with Crippen LogP contribution in [0.2, 0.25) is 0 Å². The third-order valence-corrected chi connectivity index (χ3v) is 26.3. The second-order valence-corrected chi connectivity index (χ2v) is 36.5. The van der Waals surface area contributed by atoms with Gasteiger partial charge in [-0.15, -0.1) is 23.5 Å². The summed E-state index contributed by atoms with van der Waals surface area (Å²) in [5.74, 6) is -4.10. The summed E-state index contributed by atoms with van der Waals surface area (Å²) in [5, 5.41) is 36.5. The maximum atomic E-state index is 13.7.